The molecule has 1 heterocycles. The van der Waals surface area contributed by atoms with Crippen LogP contribution in [-0.2, 0) is 16.4 Å². The van der Waals surface area contributed by atoms with Crippen LogP contribution in [0.2, 0.25) is 0 Å². The van der Waals surface area contributed by atoms with E-state index in [9.17, 15) is 13.2 Å². The molecule has 8 heteroatoms. The van der Waals surface area contributed by atoms with Crippen LogP contribution < -0.4 is 10.1 Å². The van der Waals surface area contributed by atoms with Gasteiger partial charge in [-0.2, -0.15) is 18.4 Å². The van der Waals surface area contributed by atoms with Crippen LogP contribution in [0.3, 0.4) is 0 Å². The van der Waals surface area contributed by atoms with Crippen molar-refractivity contribution in [1.82, 2.24) is 10.1 Å². The molecular formula is C19H23N3O4S. The van der Waals surface area contributed by atoms with Gasteiger partial charge in [-0.1, -0.05) is 25.1 Å². The van der Waals surface area contributed by atoms with E-state index in [1.54, 1.807) is 25.1 Å². The highest BCUT2D eigenvalue weighted by Crippen LogP contribution is 2.30. The lowest BCUT2D eigenvalue weighted by molar-refractivity contribution is 0.0923. The smallest absolute Gasteiger partial charge is 0.287 e. The second kappa shape index (κ2) is 7.96. The molecule has 2 N–H and O–H groups in total. The first-order chi connectivity index (χ1) is 12.9. The molecule has 0 atom stereocenters. The summed E-state index contributed by atoms with van der Waals surface area (Å²) in [6, 6.07) is 8.07. The van der Waals surface area contributed by atoms with Gasteiger partial charge in [0.1, 0.15) is 5.76 Å². The minimum atomic E-state index is -3.74. The summed E-state index contributed by atoms with van der Waals surface area (Å²) in [6.45, 7) is 4.35. The highest BCUT2D eigenvalue weighted by atomic mass is 32.2. The third kappa shape index (κ3) is 4.05. The number of aryl methyl sites for hydroxylation is 1. The zero-order valence-electron chi connectivity index (χ0n) is 15.4. The summed E-state index contributed by atoms with van der Waals surface area (Å²) in [6.07, 6.45) is 2.92. The normalized spacial score (nSPS) is 15.4. The molecule has 0 radical (unpaired) electrons. The third-order valence-electron chi connectivity index (χ3n) is 4.42. The van der Waals surface area contributed by atoms with Gasteiger partial charge in [-0.25, -0.2) is 0 Å². The van der Waals surface area contributed by atoms with Crippen molar-refractivity contribution in [3.05, 3.63) is 53.0 Å². The van der Waals surface area contributed by atoms with E-state index in [-0.39, 0.29) is 16.6 Å². The van der Waals surface area contributed by atoms with Gasteiger partial charge in [-0.3, -0.25) is 4.79 Å². The quantitative estimate of drug-likeness (QED) is 0.742. The molecule has 0 fully saturated rings. The lowest BCUT2D eigenvalue weighted by atomic mass is 9.93. The second-order valence-corrected chi connectivity index (χ2v) is 8.09. The van der Waals surface area contributed by atoms with Crippen molar-refractivity contribution in [2.24, 2.45) is 5.10 Å². The van der Waals surface area contributed by atoms with Crippen molar-refractivity contribution in [1.29, 1.82) is 0 Å². The maximum absolute atomic E-state index is 12.4. The van der Waals surface area contributed by atoms with E-state index in [0.717, 1.165) is 18.4 Å². The van der Waals surface area contributed by atoms with Crippen LogP contribution in [0.5, 0.6) is 0 Å². The van der Waals surface area contributed by atoms with E-state index in [0.29, 0.717) is 36.4 Å². The highest BCUT2D eigenvalue weighted by molar-refractivity contribution is 7.89. The number of carbonyl (C=O) groups excluding carboxylic acids is 1. The lowest BCUT2D eigenvalue weighted by Crippen LogP contribution is -2.24. The Morgan fingerprint density at radius 1 is 1.22 bits per heavy atom. The molecule has 1 aliphatic rings. The van der Waals surface area contributed by atoms with Gasteiger partial charge in [0.2, 0.25) is 0 Å². The number of fused-ring (bicyclic) bond motifs is 1. The van der Waals surface area contributed by atoms with Gasteiger partial charge in [0, 0.05) is 24.1 Å². The number of furan rings is 1. The first kappa shape index (κ1) is 19.2. The largest absolute Gasteiger partial charge is 0.455 e. The molecule has 0 unspecified atom stereocenters. The number of carbonyl (C=O) groups is 1. The Balaban J connectivity index is 1.89. The number of nitrogens with one attached hydrogen (secondary N) is 2. The number of rotatable bonds is 6. The maximum Gasteiger partial charge on any atom is 0.287 e. The van der Waals surface area contributed by atoms with Crippen LogP contribution >= 0.6 is 0 Å². The summed E-state index contributed by atoms with van der Waals surface area (Å²) in [5.74, 6) is 0.694. The summed E-state index contributed by atoms with van der Waals surface area (Å²) in [5.41, 5.74) is 2.01. The van der Waals surface area contributed by atoms with Gasteiger partial charge >= 0.3 is 0 Å². The number of hydrogen-bond donors (Lipinski definition) is 2. The van der Waals surface area contributed by atoms with Gasteiger partial charge < -0.3 is 9.73 Å². The average Bonchev–Trinajstić information content (AvgIpc) is 3.02. The Kier molecular flexibility index (Phi) is 5.65. The summed E-state index contributed by atoms with van der Waals surface area (Å²) >= 11 is 0. The van der Waals surface area contributed by atoms with Crippen molar-refractivity contribution in [3.8, 4) is 0 Å². The molecule has 27 heavy (non-hydrogen) atoms. The van der Waals surface area contributed by atoms with Gasteiger partial charge in [-0.05, 0) is 38.3 Å². The summed E-state index contributed by atoms with van der Waals surface area (Å²) in [5, 5.41) is 6.96. The molecule has 3 rings (SSSR count). The molecule has 1 aromatic heterocycles. The molecule has 1 amide bonds. The zero-order valence-corrected chi connectivity index (χ0v) is 16.2. The lowest BCUT2D eigenvalue weighted by Gasteiger charge is -2.14. The van der Waals surface area contributed by atoms with Crippen molar-refractivity contribution >= 4 is 21.6 Å². The van der Waals surface area contributed by atoms with Crippen LogP contribution in [0.4, 0.5) is 0 Å². The standard InChI is InChI=1S/C19H23N3O4S/c1-3-12-20-19(23)18-13(2)17-15(10-7-11-16(17)26-18)21-22-27(24,25)14-8-5-4-6-9-14/h4-6,8-9,22H,3,7,10-12H2,1-2H3,(H,20,23)/b21-15+. The van der Waals surface area contributed by atoms with E-state index in [4.69, 9.17) is 4.42 Å². The van der Waals surface area contributed by atoms with Crippen molar-refractivity contribution in [2.75, 3.05) is 6.54 Å². The predicted octanol–water partition coefficient (Wildman–Crippen LogP) is 2.75. The minimum Gasteiger partial charge on any atom is -0.455 e. The molecular weight excluding hydrogens is 366 g/mol. The predicted molar refractivity (Wildman–Crippen MR) is 102 cm³/mol. The number of sulfonamides is 1. The molecule has 7 nitrogen and oxygen atoms in total. The van der Waals surface area contributed by atoms with Crippen LogP contribution in [0.1, 0.15) is 53.6 Å². The Labute approximate surface area is 158 Å². The second-order valence-electron chi connectivity index (χ2n) is 6.43. The number of nitrogens with zero attached hydrogens (tertiary/aromatic N) is 1. The van der Waals surface area contributed by atoms with Gasteiger partial charge in [0.05, 0.1) is 10.6 Å². The summed E-state index contributed by atoms with van der Waals surface area (Å²) in [4.78, 5) is 14.7. The molecule has 0 aliphatic heterocycles. The van der Waals surface area contributed by atoms with E-state index in [2.05, 4.69) is 15.2 Å². The number of hydrogen-bond acceptors (Lipinski definition) is 5. The Hall–Kier alpha value is -2.61. The van der Waals surface area contributed by atoms with Crippen molar-refractivity contribution in [2.45, 2.75) is 44.4 Å². The molecule has 0 bridgehead atoms. The first-order valence-corrected chi connectivity index (χ1v) is 10.5. The Morgan fingerprint density at radius 3 is 2.67 bits per heavy atom. The Morgan fingerprint density at radius 2 is 1.96 bits per heavy atom. The summed E-state index contributed by atoms with van der Waals surface area (Å²) < 4.78 is 30.6. The monoisotopic (exact) mass is 389 g/mol. The number of hydrazone groups is 1. The van der Waals surface area contributed by atoms with Gasteiger partial charge in [0.25, 0.3) is 15.9 Å². The minimum absolute atomic E-state index is 0.147. The molecule has 1 aromatic carbocycles. The molecule has 0 spiro atoms. The van der Waals surface area contributed by atoms with Crippen LogP contribution in [-0.4, -0.2) is 26.6 Å². The first-order valence-electron chi connectivity index (χ1n) is 8.98. The van der Waals surface area contributed by atoms with Crippen LogP contribution in [0.15, 0.2) is 44.7 Å². The molecule has 0 saturated carbocycles. The third-order valence-corrected chi connectivity index (χ3v) is 5.65. The van der Waals surface area contributed by atoms with Crippen LogP contribution in [0.25, 0.3) is 0 Å². The molecule has 144 valence electrons. The highest BCUT2D eigenvalue weighted by Gasteiger charge is 2.28. The topological polar surface area (TPSA) is 101 Å². The number of amides is 1. The van der Waals surface area contributed by atoms with E-state index in [1.165, 1.54) is 12.1 Å². The summed E-state index contributed by atoms with van der Waals surface area (Å²) in [7, 11) is -3.74. The SMILES string of the molecule is CCCNC(=O)c1oc2c(c1C)/C(=N/NS(=O)(=O)c1ccccc1)CCC2. The molecule has 1 aliphatic carbocycles. The fraction of sp³-hybridized carbons (Fsp3) is 0.368. The average molecular weight is 389 g/mol. The fourth-order valence-electron chi connectivity index (χ4n) is 3.08. The zero-order chi connectivity index (χ0) is 19.4. The Bertz CT molecular complexity index is 962. The van der Waals surface area contributed by atoms with E-state index in [1.807, 2.05) is 6.92 Å². The van der Waals surface area contributed by atoms with Gasteiger partial charge in [-0.15, -0.1) is 0 Å². The fourth-order valence-corrected chi connectivity index (χ4v) is 3.93. The van der Waals surface area contributed by atoms with Crippen molar-refractivity contribution < 1.29 is 17.6 Å². The molecule has 0 saturated heterocycles. The van der Waals surface area contributed by atoms with Crippen LogP contribution in [0, 0.1) is 6.92 Å². The van der Waals surface area contributed by atoms with Gasteiger partial charge in [0.15, 0.2) is 5.76 Å². The van der Waals surface area contributed by atoms with E-state index < -0.39 is 10.0 Å². The maximum atomic E-state index is 12.4. The number of benzene rings is 1. The van der Waals surface area contributed by atoms with E-state index >= 15 is 0 Å². The van der Waals surface area contributed by atoms with Crippen molar-refractivity contribution in [3.63, 3.8) is 0 Å². The molecule has 2 aromatic rings.